The Hall–Kier alpha value is -1.36. The van der Waals surface area contributed by atoms with Crippen molar-refractivity contribution >= 4 is 5.91 Å². The molecule has 2 N–H and O–H groups in total. The maximum atomic E-state index is 11.7. The van der Waals surface area contributed by atoms with Crippen LogP contribution in [0.2, 0.25) is 0 Å². The van der Waals surface area contributed by atoms with Crippen molar-refractivity contribution in [1.29, 1.82) is 0 Å². The summed E-state index contributed by atoms with van der Waals surface area (Å²) in [6.07, 6.45) is 11.1. The predicted molar refractivity (Wildman–Crippen MR) is 67.9 cm³/mol. The van der Waals surface area contributed by atoms with E-state index in [0.717, 1.165) is 25.7 Å². The molecular formula is C13H21N3O2. The number of aliphatic hydroxyl groups is 1. The van der Waals surface area contributed by atoms with Crippen LogP contribution in [-0.2, 0) is 11.3 Å². The molecule has 1 aromatic rings. The lowest BCUT2D eigenvalue weighted by atomic mass is 9.94. The van der Waals surface area contributed by atoms with Crippen LogP contribution < -0.4 is 5.32 Å². The van der Waals surface area contributed by atoms with Gasteiger partial charge in [-0.15, -0.1) is 0 Å². The van der Waals surface area contributed by atoms with Crippen LogP contribution in [0, 0.1) is 0 Å². The highest BCUT2D eigenvalue weighted by Crippen LogP contribution is 2.26. The minimum Gasteiger partial charge on any atom is -0.388 e. The molecule has 0 radical (unpaired) electrons. The Kier molecular flexibility index (Phi) is 4.36. The van der Waals surface area contributed by atoms with Crippen molar-refractivity contribution in [3.8, 4) is 0 Å². The SMILES string of the molecule is O=C(Cn1ccnc1)NCC1(O)CCCCCC1. The van der Waals surface area contributed by atoms with Crippen molar-refractivity contribution in [1.82, 2.24) is 14.9 Å². The van der Waals surface area contributed by atoms with E-state index in [2.05, 4.69) is 10.3 Å². The molecule has 0 bridgehead atoms. The second-order valence-corrected chi connectivity index (χ2v) is 5.15. The lowest BCUT2D eigenvalue weighted by Gasteiger charge is -2.26. The molecule has 5 heteroatoms. The fourth-order valence-corrected chi connectivity index (χ4v) is 2.43. The molecule has 1 heterocycles. The fraction of sp³-hybridized carbons (Fsp3) is 0.692. The number of imidazole rings is 1. The molecule has 0 unspecified atom stereocenters. The van der Waals surface area contributed by atoms with E-state index in [1.54, 1.807) is 23.3 Å². The Labute approximate surface area is 107 Å². The number of aromatic nitrogens is 2. The minimum atomic E-state index is -0.707. The van der Waals surface area contributed by atoms with Gasteiger partial charge in [0.2, 0.25) is 5.91 Å². The molecule has 5 nitrogen and oxygen atoms in total. The molecule has 18 heavy (non-hydrogen) atoms. The highest BCUT2D eigenvalue weighted by molar-refractivity contribution is 5.75. The van der Waals surface area contributed by atoms with Crippen molar-refractivity contribution in [2.75, 3.05) is 6.54 Å². The molecule has 0 atom stereocenters. The summed E-state index contributed by atoms with van der Waals surface area (Å²) in [5.74, 6) is -0.0781. The predicted octanol–water partition coefficient (Wildman–Crippen LogP) is 1.08. The van der Waals surface area contributed by atoms with Crippen molar-refractivity contribution in [3.63, 3.8) is 0 Å². The quantitative estimate of drug-likeness (QED) is 0.787. The smallest absolute Gasteiger partial charge is 0.240 e. The van der Waals surface area contributed by atoms with Crippen molar-refractivity contribution < 1.29 is 9.90 Å². The van der Waals surface area contributed by atoms with E-state index in [4.69, 9.17) is 0 Å². The summed E-state index contributed by atoms with van der Waals surface area (Å²) in [4.78, 5) is 15.6. The zero-order valence-electron chi connectivity index (χ0n) is 10.6. The number of hydrogen-bond donors (Lipinski definition) is 2. The second kappa shape index (κ2) is 6.00. The molecule has 0 saturated heterocycles. The van der Waals surface area contributed by atoms with Gasteiger partial charge in [-0.3, -0.25) is 4.79 Å². The van der Waals surface area contributed by atoms with Crippen molar-refractivity contribution in [3.05, 3.63) is 18.7 Å². The summed E-state index contributed by atoms with van der Waals surface area (Å²) in [5, 5.41) is 13.2. The third-order valence-electron chi connectivity index (χ3n) is 3.53. The fourth-order valence-electron chi connectivity index (χ4n) is 2.43. The van der Waals surface area contributed by atoms with Gasteiger partial charge in [0, 0.05) is 18.9 Å². The molecule has 1 saturated carbocycles. The van der Waals surface area contributed by atoms with Gasteiger partial charge in [-0.05, 0) is 12.8 Å². The van der Waals surface area contributed by atoms with Crippen molar-refractivity contribution in [2.45, 2.75) is 50.7 Å². The zero-order chi connectivity index (χ0) is 12.8. The van der Waals surface area contributed by atoms with Gasteiger partial charge in [-0.1, -0.05) is 25.7 Å². The van der Waals surface area contributed by atoms with Crippen LogP contribution in [0.4, 0.5) is 0 Å². The first-order valence-electron chi connectivity index (χ1n) is 6.63. The largest absolute Gasteiger partial charge is 0.388 e. The number of amides is 1. The average Bonchev–Trinajstić information content (AvgIpc) is 2.75. The second-order valence-electron chi connectivity index (χ2n) is 5.15. The normalized spacial score (nSPS) is 19.2. The van der Waals surface area contributed by atoms with E-state index >= 15 is 0 Å². The van der Waals surface area contributed by atoms with E-state index in [-0.39, 0.29) is 12.5 Å². The number of carbonyl (C=O) groups excluding carboxylic acids is 1. The summed E-state index contributed by atoms with van der Waals surface area (Å²) in [6.45, 7) is 0.622. The zero-order valence-corrected chi connectivity index (χ0v) is 10.6. The summed E-state index contributed by atoms with van der Waals surface area (Å²) in [6, 6.07) is 0. The monoisotopic (exact) mass is 251 g/mol. The molecule has 0 aliphatic heterocycles. The molecule has 1 aromatic heterocycles. The topological polar surface area (TPSA) is 67.2 Å². The number of hydrogen-bond acceptors (Lipinski definition) is 3. The number of carbonyl (C=O) groups is 1. The summed E-state index contributed by atoms with van der Waals surface area (Å²) in [5.41, 5.74) is -0.707. The van der Waals surface area contributed by atoms with Gasteiger partial charge in [0.1, 0.15) is 6.54 Å². The van der Waals surface area contributed by atoms with E-state index in [1.807, 2.05) is 0 Å². The third-order valence-corrected chi connectivity index (χ3v) is 3.53. The lowest BCUT2D eigenvalue weighted by molar-refractivity contribution is -0.123. The summed E-state index contributed by atoms with van der Waals surface area (Å²) < 4.78 is 1.71. The Morgan fingerprint density at radius 1 is 1.33 bits per heavy atom. The third kappa shape index (κ3) is 3.84. The highest BCUT2D eigenvalue weighted by Gasteiger charge is 2.28. The van der Waals surface area contributed by atoms with Crippen LogP contribution in [0.1, 0.15) is 38.5 Å². The minimum absolute atomic E-state index is 0.0781. The Morgan fingerprint density at radius 2 is 2.06 bits per heavy atom. The first kappa shape index (κ1) is 13.1. The first-order valence-corrected chi connectivity index (χ1v) is 6.63. The molecule has 1 aliphatic carbocycles. The molecule has 0 spiro atoms. The van der Waals surface area contributed by atoms with E-state index in [1.165, 1.54) is 12.8 Å². The van der Waals surface area contributed by atoms with Gasteiger partial charge in [0.05, 0.1) is 11.9 Å². The number of rotatable bonds is 4. The molecule has 2 rings (SSSR count). The van der Waals surface area contributed by atoms with Crippen LogP contribution in [0.25, 0.3) is 0 Å². The average molecular weight is 251 g/mol. The summed E-state index contributed by atoms with van der Waals surface area (Å²) >= 11 is 0. The highest BCUT2D eigenvalue weighted by atomic mass is 16.3. The summed E-state index contributed by atoms with van der Waals surface area (Å²) in [7, 11) is 0. The van der Waals surface area contributed by atoms with Crippen molar-refractivity contribution in [2.24, 2.45) is 0 Å². The van der Waals surface area contributed by atoms with Gasteiger partial charge < -0.3 is 15.0 Å². The first-order chi connectivity index (χ1) is 8.68. The van der Waals surface area contributed by atoms with E-state index < -0.39 is 5.60 Å². The Balaban J connectivity index is 1.77. The van der Waals surface area contributed by atoms with Crippen LogP contribution in [-0.4, -0.2) is 32.7 Å². The van der Waals surface area contributed by atoms with E-state index in [0.29, 0.717) is 6.54 Å². The van der Waals surface area contributed by atoms with Crippen LogP contribution in [0.15, 0.2) is 18.7 Å². The molecule has 1 amide bonds. The van der Waals surface area contributed by atoms with Gasteiger partial charge in [0.25, 0.3) is 0 Å². The lowest BCUT2D eigenvalue weighted by Crippen LogP contribution is -2.43. The van der Waals surface area contributed by atoms with Gasteiger partial charge in [-0.25, -0.2) is 4.98 Å². The molecule has 1 aliphatic rings. The number of nitrogens with one attached hydrogen (secondary N) is 1. The molecule has 100 valence electrons. The van der Waals surface area contributed by atoms with Crippen LogP contribution in [0.3, 0.4) is 0 Å². The maximum Gasteiger partial charge on any atom is 0.240 e. The molecule has 1 fully saturated rings. The molecule has 0 aromatic carbocycles. The maximum absolute atomic E-state index is 11.7. The number of nitrogens with zero attached hydrogens (tertiary/aromatic N) is 2. The van der Waals surface area contributed by atoms with Crippen LogP contribution >= 0.6 is 0 Å². The van der Waals surface area contributed by atoms with E-state index in [9.17, 15) is 9.90 Å². The Bertz CT molecular complexity index is 368. The van der Waals surface area contributed by atoms with Gasteiger partial charge in [-0.2, -0.15) is 0 Å². The van der Waals surface area contributed by atoms with Gasteiger partial charge in [0.15, 0.2) is 0 Å². The molecular weight excluding hydrogens is 230 g/mol. The Morgan fingerprint density at radius 3 is 2.67 bits per heavy atom. The van der Waals surface area contributed by atoms with Crippen LogP contribution in [0.5, 0.6) is 0 Å². The standard InChI is InChI=1S/C13H21N3O2/c17-12(9-16-8-7-14-11-16)15-10-13(18)5-3-1-2-4-6-13/h7-8,11,18H,1-6,9-10H2,(H,15,17). The van der Waals surface area contributed by atoms with Gasteiger partial charge >= 0.3 is 0 Å².